The molecular formula is C21H26N6. The molecule has 2 aromatic rings. The molecule has 6 heteroatoms. The van der Waals surface area contributed by atoms with Crippen LogP contribution in [-0.4, -0.2) is 42.4 Å². The summed E-state index contributed by atoms with van der Waals surface area (Å²) >= 11 is 0. The minimum atomic E-state index is 0.748. The van der Waals surface area contributed by atoms with Crippen molar-refractivity contribution in [3.8, 4) is 0 Å². The summed E-state index contributed by atoms with van der Waals surface area (Å²) in [4.78, 5) is 14.1. The molecule has 140 valence electrons. The summed E-state index contributed by atoms with van der Waals surface area (Å²) in [6.07, 6.45) is 10.6. The first kappa shape index (κ1) is 17.5. The van der Waals surface area contributed by atoms with Crippen LogP contribution in [0.3, 0.4) is 0 Å². The maximum absolute atomic E-state index is 4.82. The average molecular weight is 362 g/mol. The number of hydrogen-bond acceptors (Lipinski definition) is 6. The molecule has 1 aromatic heterocycles. The lowest BCUT2D eigenvalue weighted by molar-refractivity contribution is 0.871. The average Bonchev–Trinajstić information content (AvgIpc) is 3.42. The summed E-state index contributed by atoms with van der Waals surface area (Å²) in [5.74, 6) is 2.56. The minimum Gasteiger partial charge on any atom is -0.356 e. The number of nitrogens with zero attached hydrogens (tertiary/aromatic N) is 5. The first-order chi connectivity index (χ1) is 13.4. The second-order valence-corrected chi connectivity index (χ2v) is 6.96. The molecule has 2 aliphatic heterocycles. The highest BCUT2D eigenvalue weighted by Gasteiger charge is 2.20. The Morgan fingerprint density at radius 3 is 2.33 bits per heavy atom. The number of anilines is 3. The van der Waals surface area contributed by atoms with Crippen LogP contribution in [0.25, 0.3) is 6.08 Å². The van der Waals surface area contributed by atoms with Crippen molar-refractivity contribution >= 4 is 29.9 Å². The van der Waals surface area contributed by atoms with Crippen molar-refractivity contribution in [2.75, 3.05) is 41.4 Å². The zero-order chi connectivity index (χ0) is 18.3. The van der Waals surface area contributed by atoms with E-state index in [-0.39, 0.29) is 0 Å². The van der Waals surface area contributed by atoms with Gasteiger partial charge in [-0.1, -0.05) is 36.4 Å². The van der Waals surface area contributed by atoms with Crippen LogP contribution >= 0.6 is 0 Å². The molecule has 0 spiro atoms. The van der Waals surface area contributed by atoms with Gasteiger partial charge in [0.05, 0.1) is 0 Å². The Kier molecular flexibility index (Phi) is 5.62. The van der Waals surface area contributed by atoms with Gasteiger partial charge in [-0.3, -0.25) is 5.43 Å². The zero-order valence-corrected chi connectivity index (χ0v) is 15.6. The molecule has 27 heavy (non-hydrogen) atoms. The SMILES string of the molecule is C(=C\c1ccccc1)/C=N/Nc1cc(N2CCCC2)nc(N2CCCC2)n1. The summed E-state index contributed by atoms with van der Waals surface area (Å²) < 4.78 is 0. The molecule has 0 amide bonds. The maximum Gasteiger partial charge on any atom is 0.229 e. The van der Waals surface area contributed by atoms with Crippen LogP contribution in [-0.2, 0) is 0 Å². The number of rotatable bonds is 6. The summed E-state index contributed by atoms with van der Waals surface area (Å²) in [5, 5.41) is 4.30. The monoisotopic (exact) mass is 362 g/mol. The number of nitrogens with one attached hydrogen (secondary N) is 1. The molecule has 6 nitrogen and oxygen atoms in total. The van der Waals surface area contributed by atoms with Crippen LogP contribution in [0.1, 0.15) is 31.2 Å². The lowest BCUT2D eigenvalue weighted by Crippen LogP contribution is -2.24. The number of hydrogen-bond donors (Lipinski definition) is 1. The van der Waals surface area contributed by atoms with Gasteiger partial charge in [-0.2, -0.15) is 15.1 Å². The largest absolute Gasteiger partial charge is 0.356 e. The molecule has 0 aliphatic carbocycles. The summed E-state index contributed by atoms with van der Waals surface area (Å²) in [6.45, 7) is 4.20. The van der Waals surface area contributed by atoms with Crippen molar-refractivity contribution in [2.24, 2.45) is 5.10 Å². The zero-order valence-electron chi connectivity index (χ0n) is 15.6. The molecule has 1 aromatic carbocycles. The van der Waals surface area contributed by atoms with Crippen LogP contribution in [0.15, 0.2) is 47.6 Å². The van der Waals surface area contributed by atoms with Gasteiger partial charge in [0, 0.05) is 38.5 Å². The summed E-state index contributed by atoms with van der Waals surface area (Å²) in [7, 11) is 0. The van der Waals surface area contributed by atoms with E-state index in [4.69, 9.17) is 4.98 Å². The molecular weight excluding hydrogens is 336 g/mol. The van der Waals surface area contributed by atoms with Crippen LogP contribution in [0.5, 0.6) is 0 Å². The molecule has 0 unspecified atom stereocenters. The first-order valence-electron chi connectivity index (χ1n) is 9.78. The molecule has 0 bridgehead atoms. The van der Waals surface area contributed by atoms with Crippen molar-refractivity contribution in [1.82, 2.24) is 9.97 Å². The molecule has 3 heterocycles. The third-order valence-corrected chi connectivity index (χ3v) is 4.95. The minimum absolute atomic E-state index is 0.748. The summed E-state index contributed by atoms with van der Waals surface area (Å²) in [6, 6.07) is 12.2. The third-order valence-electron chi connectivity index (χ3n) is 4.95. The molecule has 2 aliphatic rings. The Morgan fingerprint density at radius 1 is 0.889 bits per heavy atom. The Hall–Kier alpha value is -2.89. The van der Waals surface area contributed by atoms with Crippen molar-refractivity contribution in [3.05, 3.63) is 48.0 Å². The molecule has 0 radical (unpaired) electrons. The van der Waals surface area contributed by atoms with Crippen molar-refractivity contribution in [1.29, 1.82) is 0 Å². The standard InChI is InChI=1S/C21H26N6/c1-2-9-18(10-3-1)11-8-12-22-25-19-17-20(26-13-4-5-14-26)24-21(23-19)27-15-6-7-16-27/h1-3,8-12,17H,4-7,13-16H2,(H,23,24,25)/b11-8+,22-12+. The van der Waals surface area contributed by atoms with Gasteiger partial charge < -0.3 is 9.80 Å². The molecule has 0 saturated carbocycles. The smallest absolute Gasteiger partial charge is 0.229 e. The van der Waals surface area contributed by atoms with Crippen LogP contribution in [0, 0.1) is 0 Å². The van der Waals surface area contributed by atoms with E-state index in [0.717, 1.165) is 49.3 Å². The van der Waals surface area contributed by atoms with E-state index >= 15 is 0 Å². The van der Waals surface area contributed by atoms with E-state index in [1.807, 2.05) is 36.4 Å². The lowest BCUT2D eigenvalue weighted by Gasteiger charge is -2.21. The van der Waals surface area contributed by atoms with Gasteiger partial charge in [-0.15, -0.1) is 0 Å². The number of allylic oxidation sites excluding steroid dienone is 1. The topological polar surface area (TPSA) is 56.7 Å². The van der Waals surface area contributed by atoms with E-state index < -0.39 is 0 Å². The molecule has 0 atom stereocenters. The maximum atomic E-state index is 4.82. The molecule has 1 N–H and O–H groups in total. The fraction of sp³-hybridized carbons (Fsp3) is 0.381. The van der Waals surface area contributed by atoms with E-state index in [9.17, 15) is 0 Å². The third kappa shape index (κ3) is 4.64. The van der Waals surface area contributed by atoms with Gasteiger partial charge in [-0.25, -0.2) is 0 Å². The van der Waals surface area contributed by atoms with Crippen LogP contribution < -0.4 is 15.2 Å². The highest BCUT2D eigenvalue weighted by atomic mass is 15.4. The second kappa shape index (κ2) is 8.66. The van der Waals surface area contributed by atoms with E-state index in [2.05, 4.69) is 37.4 Å². The molecule has 4 rings (SSSR count). The van der Waals surface area contributed by atoms with Gasteiger partial charge in [-0.05, 0) is 37.3 Å². The summed E-state index contributed by atoms with van der Waals surface area (Å²) in [5.41, 5.74) is 4.22. The highest BCUT2D eigenvalue weighted by Crippen LogP contribution is 2.25. The fourth-order valence-corrected chi connectivity index (χ4v) is 3.51. The predicted molar refractivity (Wildman–Crippen MR) is 113 cm³/mol. The first-order valence-corrected chi connectivity index (χ1v) is 9.78. The number of benzene rings is 1. The van der Waals surface area contributed by atoms with Crippen LogP contribution in [0.2, 0.25) is 0 Å². The number of hydrazone groups is 1. The van der Waals surface area contributed by atoms with Gasteiger partial charge in [0.15, 0.2) is 5.82 Å². The predicted octanol–water partition coefficient (Wildman–Crippen LogP) is 3.79. The van der Waals surface area contributed by atoms with E-state index in [1.165, 1.54) is 25.7 Å². The van der Waals surface area contributed by atoms with Crippen molar-refractivity contribution in [2.45, 2.75) is 25.7 Å². The van der Waals surface area contributed by atoms with Crippen molar-refractivity contribution in [3.63, 3.8) is 0 Å². The van der Waals surface area contributed by atoms with Crippen LogP contribution in [0.4, 0.5) is 17.6 Å². The Labute approximate surface area is 160 Å². The molecule has 2 saturated heterocycles. The van der Waals surface area contributed by atoms with Crippen molar-refractivity contribution < 1.29 is 0 Å². The van der Waals surface area contributed by atoms with Gasteiger partial charge >= 0.3 is 0 Å². The van der Waals surface area contributed by atoms with Gasteiger partial charge in [0.1, 0.15) is 5.82 Å². The Balaban J connectivity index is 1.47. The highest BCUT2D eigenvalue weighted by molar-refractivity contribution is 5.78. The van der Waals surface area contributed by atoms with E-state index in [1.54, 1.807) is 6.21 Å². The van der Waals surface area contributed by atoms with Gasteiger partial charge in [0.25, 0.3) is 0 Å². The number of aromatic nitrogens is 2. The fourth-order valence-electron chi connectivity index (χ4n) is 3.51. The quantitative estimate of drug-likeness (QED) is 0.626. The second-order valence-electron chi connectivity index (χ2n) is 6.96. The Bertz CT molecular complexity index is 755. The lowest BCUT2D eigenvalue weighted by atomic mass is 10.2. The Morgan fingerprint density at radius 2 is 1.59 bits per heavy atom. The molecule has 2 fully saturated rings. The van der Waals surface area contributed by atoms with Gasteiger partial charge in [0.2, 0.25) is 5.95 Å². The van der Waals surface area contributed by atoms with E-state index in [0.29, 0.717) is 0 Å². The normalized spacial score (nSPS) is 17.5.